The zero-order valence-corrected chi connectivity index (χ0v) is 12.5. The van der Waals surface area contributed by atoms with Gasteiger partial charge in [0.2, 0.25) is 0 Å². The van der Waals surface area contributed by atoms with E-state index < -0.39 is 11.6 Å². The summed E-state index contributed by atoms with van der Waals surface area (Å²) in [4.78, 5) is 9.99. The van der Waals surface area contributed by atoms with Crippen molar-refractivity contribution in [2.24, 2.45) is 0 Å². The molecule has 100 valence electrons. The van der Waals surface area contributed by atoms with E-state index in [2.05, 4.69) is 0 Å². The van der Waals surface area contributed by atoms with Crippen molar-refractivity contribution < 1.29 is 18.5 Å². The third kappa shape index (κ3) is 3.54. The molecule has 0 unspecified atom stereocenters. The molecule has 0 aliphatic rings. The van der Waals surface area contributed by atoms with Gasteiger partial charge in [-0.05, 0) is 0 Å². The Morgan fingerprint density at radius 3 is 2.28 bits per heavy atom. The smallest absolute Gasteiger partial charge is 0.380 e. The first-order valence-electron chi connectivity index (χ1n) is 4.37. The Morgan fingerprint density at radius 1 is 1.28 bits per heavy atom. The van der Waals surface area contributed by atoms with Gasteiger partial charge in [-0.2, -0.15) is 0 Å². The molecule has 0 heterocycles. The van der Waals surface area contributed by atoms with Crippen LogP contribution in [-0.2, 0) is 20.9 Å². The maximum Gasteiger partial charge on any atom is 0.380 e. The number of nitro groups is 1. The number of rotatable bonds is 5. The largest absolute Gasteiger partial charge is 0.422 e. The quantitative estimate of drug-likeness (QED) is 0.464. The third-order valence-corrected chi connectivity index (χ3v) is 4.89. The molecule has 0 radical (unpaired) electrons. The first kappa shape index (κ1) is 15.6. The molecule has 0 saturated heterocycles. The molecule has 0 fully saturated rings. The molecule has 0 bridgehead atoms. The highest BCUT2D eigenvalue weighted by Gasteiger charge is 2.23. The van der Waals surface area contributed by atoms with Crippen LogP contribution in [0, 0.1) is 10.1 Å². The van der Waals surface area contributed by atoms with Crippen molar-refractivity contribution in [2.45, 2.75) is 0 Å². The van der Waals surface area contributed by atoms with E-state index in [9.17, 15) is 10.1 Å². The fraction of sp³-hybridized carbons (Fsp3) is 0.250. The lowest BCUT2D eigenvalue weighted by molar-refractivity contribution is -0.384. The Labute approximate surface area is 118 Å². The Balaban J connectivity index is 3.17. The van der Waals surface area contributed by atoms with Crippen LogP contribution in [0.25, 0.3) is 0 Å². The monoisotopic (exact) mass is 331 g/mol. The lowest BCUT2D eigenvalue weighted by atomic mass is 10.3. The molecular formula is C8H8Cl2NO5PS. The lowest BCUT2D eigenvalue weighted by Crippen LogP contribution is -1.98. The highest BCUT2D eigenvalue weighted by molar-refractivity contribution is 8.07. The Kier molecular flexibility index (Phi) is 5.33. The van der Waals surface area contributed by atoms with Gasteiger partial charge in [0.05, 0.1) is 9.95 Å². The zero-order valence-electron chi connectivity index (χ0n) is 9.25. The standard InChI is InChI=1S/C8H8Cl2NO5PS/c1-14-17(18,15-2)16-8-4-5(9)7(11(12)13)3-6(8)10/h3-4H,1-2H3. The molecule has 1 aromatic carbocycles. The molecule has 0 saturated carbocycles. The number of halogens is 2. The predicted octanol–water partition coefficient (Wildman–Crippen LogP) is 3.80. The van der Waals surface area contributed by atoms with Gasteiger partial charge in [0.15, 0.2) is 0 Å². The predicted molar refractivity (Wildman–Crippen MR) is 72.0 cm³/mol. The molecule has 0 aliphatic heterocycles. The van der Waals surface area contributed by atoms with E-state index in [1.165, 1.54) is 20.3 Å². The van der Waals surface area contributed by atoms with Crippen LogP contribution in [0.1, 0.15) is 0 Å². The number of hydrogen-bond donors (Lipinski definition) is 0. The molecule has 0 atom stereocenters. The van der Waals surface area contributed by atoms with E-state index in [0.29, 0.717) is 0 Å². The Hall–Kier alpha value is -0.430. The van der Waals surface area contributed by atoms with Crippen LogP contribution in [-0.4, -0.2) is 19.1 Å². The summed E-state index contributed by atoms with van der Waals surface area (Å²) >= 11 is 16.5. The molecule has 0 aromatic heterocycles. The number of nitrogens with zero attached hydrogens (tertiary/aromatic N) is 1. The summed E-state index contributed by atoms with van der Waals surface area (Å²) in [6.45, 7) is -2.97. The highest BCUT2D eigenvalue weighted by atomic mass is 35.5. The van der Waals surface area contributed by atoms with Gasteiger partial charge in [-0.15, -0.1) is 0 Å². The molecule has 0 N–H and O–H groups in total. The van der Waals surface area contributed by atoms with E-state index in [4.69, 9.17) is 48.6 Å². The molecular weight excluding hydrogens is 324 g/mol. The van der Waals surface area contributed by atoms with Crippen LogP contribution in [0.2, 0.25) is 10.0 Å². The van der Waals surface area contributed by atoms with Gasteiger partial charge in [0.25, 0.3) is 5.69 Å². The zero-order chi connectivity index (χ0) is 13.9. The average Bonchev–Trinajstić information content (AvgIpc) is 2.32. The van der Waals surface area contributed by atoms with Crippen LogP contribution in [0.5, 0.6) is 5.75 Å². The van der Waals surface area contributed by atoms with Crippen molar-refractivity contribution in [1.82, 2.24) is 0 Å². The topological polar surface area (TPSA) is 70.8 Å². The van der Waals surface area contributed by atoms with Crippen molar-refractivity contribution in [3.8, 4) is 5.75 Å². The van der Waals surface area contributed by atoms with E-state index in [0.717, 1.165) is 6.07 Å². The summed E-state index contributed by atoms with van der Waals surface area (Å²) in [6.07, 6.45) is 0. The minimum atomic E-state index is -2.97. The van der Waals surface area contributed by atoms with Gasteiger partial charge in [0, 0.05) is 38.2 Å². The Morgan fingerprint density at radius 2 is 1.83 bits per heavy atom. The molecule has 0 aliphatic carbocycles. The maximum atomic E-state index is 10.6. The molecule has 6 nitrogen and oxygen atoms in total. The summed E-state index contributed by atoms with van der Waals surface area (Å²) < 4.78 is 15.1. The fourth-order valence-corrected chi connectivity index (χ4v) is 2.40. The van der Waals surface area contributed by atoms with Crippen molar-refractivity contribution in [1.29, 1.82) is 0 Å². The second-order valence-corrected chi connectivity index (χ2v) is 6.86. The molecule has 18 heavy (non-hydrogen) atoms. The van der Waals surface area contributed by atoms with Crippen LogP contribution < -0.4 is 4.52 Å². The molecule has 0 amide bonds. The average molecular weight is 332 g/mol. The van der Waals surface area contributed by atoms with Gasteiger partial charge in [0.1, 0.15) is 10.8 Å². The van der Waals surface area contributed by atoms with E-state index in [1.54, 1.807) is 0 Å². The minimum absolute atomic E-state index is 0.00516. The summed E-state index contributed by atoms with van der Waals surface area (Å²) in [7, 11) is 2.65. The first-order valence-corrected chi connectivity index (χ1v) is 7.68. The second-order valence-electron chi connectivity index (χ2n) is 2.89. The van der Waals surface area contributed by atoms with Crippen molar-refractivity contribution >= 4 is 47.4 Å². The summed E-state index contributed by atoms with van der Waals surface area (Å²) in [6, 6.07) is 2.27. The lowest BCUT2D eigenvalue weighted by Gasteiger charge is -2.18. The van der Waals surface area contributed by atoms with Gasteiger partial charge < -0.3 is 13.6 Å². The summed E-state index contributed by atoms with van der Waals surface area (Å²) in [5.41, 5.74) is -0.322. The van der Waals surface area contributed by atoms with Crippen LogP contribution in [0.3, 0.4) is 0 Å². The van der Waals surface area contributed by atoms with E-state index in [1.807, 2.05) is 0 Å². The summed E-state index contributed by atoms with van der Waals surface area (Å²) in [5, 5.41) is 10.5. The molecule has 0 spiro atoms. The number of hydrogen-bond acceptors (Lipinski definition) is 6. The molecule has 1 aromatic rings. The molecule has 1 rings (SSSR count). The van der Waals surface area contributed by atoms with Gasteiger partial charge in [-0.1, -0.05) is 23.2 Å². The maximum absolute atomic E-state index is 10.6. The van der Waals surface area contributed by atoms with E-state index in [-0.39, 0.29) is 21.5 Å². The van der Waals surface area contributed by atoms with Crippen LogP contribution in [0.15, 0.2) is 12.1 Å². The minimum Gasteiger partial charge on any atom is -0.422 e. The highest BCUT2D eigenvalue weighted by Crippen LogP contribution is 2.50. The van der Waals surface area contributed by atoms with Gasteiger partial charge >= 0.3 is 6.72 Å². The Bertz CT molecular complexity index is 518. The van der Waals surface area contributed by atoms with E-state index >= 15 is 0 Å². The normalized spacial score (nSPS) is 11.3. The number of benzene rings is 1. The van der Waals surface area contributed by atoms with Crippen molar-refractivity contribution in [2.75, 3.05) is 14.2 Å². The van der Waals surface area contributed by atoms with Crippen molar-refractivity contribution in [3.05, 3.63) is 32.3 Å². The SMILES string of the molecule is COP(=S)(OC)Oc1cc(Cl)c([N+](=O)[O-])cc1Cl. The fourth-order valence-electron chi connectivity index (χ4n) is 0.997. The molecule has 10 heteroatoms. The van der Waals surface area contributed by atoms with Crippen LogP contribution >= 0.6 is 29.9 Å². The van der Waals surface area contributed by atoms with Gasteiger partial charge in [-0.3, -0.25) is 10.1 Å². The number of nitro benzene ring substituents is 1. The first-order chi connectivity index (χ1) is 8.33. The van der Waals surface area contributed by atoms with Crippen LogP contribution in [0.4, 0.5) is 5.69 Å². The second kappa shape index (κ2) is 6.14. The summed E-state index contributed by atoms with van der Waals surface area (Å²) in [5.74, 6) is 0.0688. The van der Waals surface area contributed by atoms with Gasteiger partial charge in [-0.25, -0.2) is 0 Å². The third-order valence-electron chi connectivity index (χ3n) is 1.86. The van der Waals surface area contributed by atoms with Crippen molar-refractivity contribution in [3.63, 3.8) is 0 Å².